The van der Waals surface area contributed by atoms with Crippen molar-refractivity contribution < 1.29 is 4.92 Å². The topological polar surface area (TPSA) is 97.1 Å². The summed E-state index contributed by atoms with van der Waals surface area (Å²) >= 11 is 0. The molecule has 0 spiro atoms. The molecular weight excluding hydrogens is 344 g/mol. The number of pyridine rings is 1. The van der Waals surface area contributed by atoms with Crippen LogP contribution >= 0.6 is 0 Å². The van der Waals surface area contributed by atoms with Crippen molar-refractivity contribution in [3.05, 3.63) is 70.2 Å². The quantitative estimate of drug-likeness (QED) is 0.514. The number of rotatable bonds is 6. The number of benzene rings is 1. The van der Waals surface area contributed by atoms with E-state index in [1.807, 2.05) is 51.1 Å². The molecule has 2 heterocycles. The molecule has 0 fully saturated rings. The van der Waals surface area contributed by atoms with Crippen LogP contribution < -0.4 is 10.2 Å². The molecule has 27 heavy (non-hydrogen) atoms. The van der Waals surface area contributed by atoms with Gasteiger partial charge in [-0.15, -0.1) is 0 Å². The Hall–Kier alpha value is -3.55. The van der Waals surface area contributed by atoms with Gasteiger partial charge in [-0.1, -0.05) is 18.2 Å². The highest BCUT2D eigenvalue weighted by molar-refractivity contribution is 5.77. The van der Waals surface area contributed by atoms with Gasteiger partial charge in [0.05, 0.1) is 4.92 Å². The molecule has 0 aliphatic rings. The van der Waals surface area contributed by atoms with Gasteiger partial charge in [0.1, 0.15) is 12.1 Å². The molecule has 0 atom stereocenters. The third-order valence-electron chi connectivity index (χ3n) is 4.03. The molecule has 0 aliphatic carbocycles. The highest BCUT2D eigenvalue weighted by atomic mass is 16.6. The van der Waals surface area contributed by atoms with Gasteiger partial charge in [0, 0.05) is 18.4 Å². The molecule has 0 bridgehead atoms. The third kappa shape index (κ3) is 4.00. The summed E-state index contributed by atoms with van der Waals surface area (Å²) in [6.07, 6.45) is 3.00. The Morgan fingerprint density at radius 1 is 1.11 bits per heavy atom. The Balaban J connectivity index is 2.07. The number of aryl methyl sites for hydroxylation is 2. The molecule has 0 amide bonds. The van der Waals surface area contributed by atoms with E-state index < -0.39 is 4.92 Å². The van der Waals surface area contributed by atoms with Gasteiger partial charge in [-0.3, -0.25) is 10.1 Å². The zero-order valence-electron chi connectivity index (χ0n) is 15.4. The Morgan fingerprint density at radius 3 is 2.56 bits per heavy atom. The van der Waals surface area contributed by atoms with Crippen molar-refractivity contribution in [1.29, 1.82) is 0 Å². The van der Waals surface area contributed by atoms with Crippen LogP contribution in [-0.2, 0) is 0 Å². The minimum atomic E-state index is -0.468. The van der Waals surface area contributed by atoms with Gasteiger partial charge in [0.15, 0.2) is 0 Å². The van der Waals surface area contributed by atoms with E-state index in [1.54, 1.807) is 17.2 Å². The number of anilines is 4. The fourth-order valence-corrected chi connectivity index (χ4v) is 2.74. The van der Waals surface area contributed by atoms with Gasteiger partial charge >= 0.3 is 5.69 Å². The zero-order valence-corrected chi connectivity index (χ0v) is 15.4. The van der Waals surface area contributed by atoms with E-state index >= 15 is 0 Å². The molecule has 3 aromatic rings. The number of hydrogen-bond acceptors (Lipinski definition) is 7. The molecule has 0 saturated heterocycles. The van der Waals surface area contributed by atoms with Crippen molar-refractivity contribution in [2.75, 3.05) is 16.8 Å². The Bertz CT molecular complexity index is 959. The molecule has 0 unspecified atom stereocenters. The molecule has 0 aliphatic heterocycles. The van der Waals surface area contributed by atoms with E-state index in [-0.39, 0.29) is 17.3 Å². The molecule has 0 radical (unpaired) electrons. The molecule has 138 valence electrons. The van der Waals surface area contributed by atoms with Gasteiger partial charge in [0.25, 0.3) is 0 Å². The van der Waals surface area contributed by atoms with E-state index in [4.69, 9.17) is 0 Å². The van der Waals surface area contributed by atoms with Gasteiger partial charge < -0.3 is 10.2 Å². The Kier molecular flexibility index (Phi) is 5.25. The van der Waals surface area contributed by atoms with Crippen molar-refractivity contribution in [1.82, 2.24) is 15.0 Å². The van der Waals surface area contributed by atoms with Crippen LogP contribution in [0.3, 0.4) is 0 Å². The number of nitrogens with one attached hydrogen (secondary N) is 1. The minimum absolute atomic E-state index is 0.104. The molecule has 3 rings (SSSR count). The minimum Gasteiger partial charge on any atom is -0.321 e. The van der Waals surface area contributed by atoms with Crippen molar-refractivity contribution in [2.24, 2.45) is 0 Å². The standard InChI is InChI=1S/C19H20N6O2/c1-4-24(15-7-5-6-13(2)10-15)19-17(25(26)27)18(21-12-22-19)23-16-9-8-14(3)11-20-16/h5-12H,4H2,1-3H3,(H,20,21,22,23). The molecule has 0 saturated carbocycles. The lowest BCUT2D eigenvalue weighted by Gasteiger charge is -2.22. The van der Waals surface area contributed by atoms with Crippen LogP contribution in [0.1, 0.15) is 18.1 Å². The molecular formula is C19H20N6O2. The largest absolute Gasteiger partial charge is 0.354 e. The zero-order chi connectivity index (χ0) is 19.4. The van der Waals surface area contributed by atoms with Crippen LogP contribution in [0.2, 0.25) is 0 Å². The summed E-state index contributed by atoms with van der Waals surface area (Å²) in [5.74, 6) is 0.817. The van der Waals surface area contributed by atoms with Gasteiger partial charge in [-0.25, -0.2) is 15.0 Å². The fourth-order valence-electron chi connectivity index (χ4n) is 2.74. The number of aromatic nitrogens is 3. The monoisotopic (exact) mass is 364 g/mol. The highest BCUT2D eigenvalue weighted by Gasteiger charge is 2.27. The normalized spacial score (nSPS) is 10.5. The number of hydrogen-bond donors (Lipinski definition) is 1. The summed E-state index contributed by atoms with van der Waals surface area (Å²) in [6.45, 7) is 6.33. The van der Waals surface area contributed by atoms with Crippen LogP contribution in [0.15, 0.2) is 48.9 Å². The predicted octanol–water partition coefficient (Wildman–Crippen LogP) is 4.30. The first-order valence-corrected chi connectivity index (χ1v) is 8.53. The van der Waals surface area contributed by atoms with Gasteiger partial charge in [-0.2, -0.15) is 0 Å². The fraction of sp³-hybridized carbons (Fsp3) is 0.211. The summed E-state index contributed by atoms with van der Waals surface area (Å²) in [4.78, 5) is 25.7. The van der Waals surface area contributed by atoms with Crippen LogP contribution in [0, 0.1) is 24.0 Å². The van der Waals surface area contributed by atoms with Gasteiger partial charge in [0.2, 0.25) is 11.6 Å². The maximum Gasteiger partial charge on any atom is 0.354 e. The maximum absolute atomic E-state index is 11.8. The van der Waals surface area contributed by atoms with E-state index in [1.165, 1.54) is 6.33 Å². The first-order valence-electron chi connectivity index (χ1n) is 8.53. The predicted molar refractivity (Wildman–Crippen MR) is 105 cm³/mol. The van der Waals surface area contributed by atoms with Crippen LogP contribution in [0.25, 0.3) is 0 Å². The van der Waals surface area contributed by atoms with Crippen LogP contribution in [-0.4, -0.2) is 26.4 Å². The first kappa shape index (κ1) is 18.2. The van der Waals surface area contributed by atoms with Crippen LogP contribution in [0.5, 0.6) is 0 Å². The van der Waals surface area contributed by atoms with Gasteiger partial charge in [-0.05, 0) is 50.1 Å². The van der Waals surface area contributed by atoms with E-state index in [0.717, 1.165) is 16.8 Å². The molecule has 8 nitrogen and oxygen atoms in total. The second kappa shape index (κ2) is 7.77. The lowest BCUT2D eigenvalue weighted by Crippen LogP contribution is -2.20. The summed E-state index contributed by atoms with van der Waals surface area (Å²) in [5, 5.41) is 14.8. The highest BCUT2D eigenvalue weighted by Crippen LogP contribution is 2.36. The summed E-state index contributed by atoms with van der Waals surface area (Å²) in [6, 6.07) is 11.4. The number of nitrogens with zero attached hydrogens (tertiary/aromatic N) is 5. The summed E-state index contributed by atoms with van der Waals surface area (Å²) in [7, 11) is 0. The average Bonchev–Trinajstić information content (AvgIpc) is 2.64. The number of nitro groups is 1. The summed E-state index contributed by atoms with van der Waals surface area (Å²) < 4.78 is 0. The van der Waals surface area contributed by atoms with Crippen LogP contribution in [0.4, 0.5) is 28.8 Å². The molecule has 1 aromatic carbocycles. The Morgan fingerprint density at radius 2 is 1.93 bits per heavy atom. The average molecular weight is 364 g/mol. The second-order valence-electron chi connectivity index (χ2n) is 6.08. The van der Waals surface area contributed by atoms with E-state index in [2.05, 4.69) is 20.3 Å². The van der Waals surface area contributed by atoms with Crippen molar-refractivity contribution in [3.8, 4) is 0 Å². The second-order valence-corrected chi connectivity index (χ2v) is 6.08. The maximum atomic E-state index is 11.8. The first-order chi connectivity index (χ1) is 13.0. The lowest BCUT2D eigenvalue weighted by atomic mass is 10.2. The smallest absolute Gasteiger partial charge is 0.321 e. The van der Waals surface area contributed by atoms with Crippen molar-refractivity contribution >= 4 is 28.8 Å². The molecule has 1 N–H and O–H groups in total. The lowest BCUT2D eigenvalue weighted by molar-refractivity contribution is -0.383. The SMILES string of the molecule is CCN(c1cccc(C)c1)c1ncnc(Nc2ccc(C)cn2)c1[N+](=O)[O-]. The third-order valence-corrected chi connectivity index (χ3v) is 4.03. The Labute approximate surface area is 157 Å². The van der Waals surface area contributed by atoms with Crippen molar-refractivity contribution in [2.45, 2.75) is 20.8 Å². The molecule has 8 heteroatoms. The summed E-state index contributed by atoms with van der Waals surface area (Å²) in [5.41, 5.74) is 2.70. The van der Waals surface area contributed by atoms with E-state index in [9.17, 15) is 10.1 Å². The van der Waals surface area contributed by atoms with E-state index in [0.29, 0.717) is 12.4 Å². The molecule has 2 aromatic heterocycles. The van der Waals surface area contributed by atoms with Crippen molar-refractivity contribution in [3.63, 3.8) is 0 Å².